The second-order valence-corrected chi connectivity index (χ2v) is 8.94. The van der Waals surface area contributed by atoms with Crippen molar-refractivity contribution in [2.24, 2.45) is 7.05 Å². The summed E-state index contributed by atoms with van der Waals surface area (Å²) >= 11 is 0. The molecule has 3 aromatic carbocycles. The fraction of sp³-hybridized carbons (Fsp3) is 0.222. The molecular weight excluding hydrogens is 352 g/mol. The zero-order chi connectivity index (χ0) is 20.0. The van der Waals surface area contributed by atoms with Crippen molar-refractivity contribution in [3.05, 3.63) is 71.4 Å². The minimum absolute atomic E-state index is 0.492. The van der Waals surface area contributed by atoms with Crippen molar-refractivity contribution in [1.82, 2.24) is 4.40 Å². The minimum atomic E-state index is 0.492. The number of pyridine rings is 2. The first-order chi connectivity index (χ1) is 14.0. The maximum Gasteiger partial charge on any atom is 0.224 e. The summed E-state index contributed by atoms with van der Waals surface area (Å²) in [7, 11) is 2.18. The van der Waals surface area contributed by atoms with Gasteiger partial charge >= 0.3 is 0 Å². The summed E-state index contributed by atoms with van der Waals surface area (Å²) in [6.45, 7) is 8.99. The summed E-state index contributed by atoms with van der Waals surface area (Å²) in [5.74, 6) is 0.492. The highest BCUT2D eigenvalue weighted by molar-refractivity contribution is 6.25. The van der Waals surface area contributed by atoms with Crippen LogP contribution >= 0.6 is 0 Å². The van der Waals surface area contributed by atoms with Crippen molar-refractivity contribution < 1.29 is 4.57 Å². The lowest BCUT2D eigenvalue weighted by molar-refractivity contribution is -0.643. The van der Waals surface area contributed by atoms with E-state index in [2.05, 4.69) is 98.4 Å². The number of hydrogen-bond donors (Lipinski definition) is 0. The van der Waals surface area contributed by atoms with Gasteiger partial charge in [0.05, 0.1) is 27.3 Å². The first kappa shape index (κ1) is 16.8. The highest BCUT2D eigenvalue weighted by Crippen LogP contribution is 2.41. The van der Waals surface area contributed by atoms with E-state index < -0.39 is 0 Å². The Hall–Kier alpha value is -3.13. The molecule has 2 nitrogen and oxygen atoms in total. The van der Waals surface area contributed by atoms with E-state index in [1.807, 2.05) is 0 Å². The zero-order valence-corrected chi connectivity index (χ0v) is 17.7. The summed E-state index contributed by atoms with van der Waals surface area (Å²) < 4.78 is 4.82. The lowest BCUT2D eigenvalue weighted by Gasteiger charge is -2.15. The number of aromatic nitrogens is 2. The van der Waals surface area contributed by atoms with E-state index in [1.165, 1.54) is 65.7 Å². The molecule has 0 aliphatic heterocycles. The van der Waals surface area contributed by atoms with Crippen LogP contribution in [-0.2, 0) is 7.05 Å². The molecule has 0 saturated heterocycles. The van der Waals surface area contributed by atoms with Gasteiger partial charge in [-0.15, -0.1) is 0 Å². The molecule has 142 valence electrons. The van der Waals surface area contributed by atoms with Gasteiger partial charge in [-0.25, -0.2) is 4.57 Å². The Labute approximate surface area is 170 Å². The van der Waals surface area contributed by atoms with E-state index in [0.717, 1.165) is 0 Å². The molecule has 0 radical (unpaired) electrons. The molecule has 0 N–H and O–H groups in total. The molecule has 6 aromatic rings. The molecule has 3 heterocycles. The van der Waals surface area contributed by atoms with E-state index >= 15 is 0 Å². The molecule has 2 heteroatoms. The molecule has 3 aromatic heterocycles. The third-order valence-corrected chi connectivity index (χ3v) is 6.67. The van der Waals surface area contributed by atoms with Gasteiger partial charge in [-0.2, -0.15) is 0 Å². The Morgan fingerprint density at radius 2 is 1.66 bits per heavy atom. The Kier molecular flexibility index (Phi) is 3.17. The Morgan fingerprint density at radius 1 is 0.828 bits per heavy atom. The largest absolute Gasteiger partial charge is 0.307 e. The molecular formula is C27H25N2+. The van der Waals surface area contributed by atoms with Gasteiger partial charge < -0.3 is 4.40 Å². The second-order valence-electron chi connectivity index (χ2n) is 8.94. The molecule has 0 amide bonds. The fourth-order valence-electron chi connectivity index (χ4n) is 5.19. The standard InChI is InChI=1S/C27H25N2/c1-15(2)19-13-18-10-11-28(5)27-24-17(4)7-8-20-21-12-16(3)6-9-22(21)29(26(20)24)23(14-19)25(18)27/h6-15H,1-5H3/q+1. The molecule has 0 bridgehead atoms. The molecule has 0 unspecified atom stereocenters. The number of hydrogen-bond acceptors (Lipinski definition) is 0. The molecule has 6 rings (SSSR count). The molecule has 0 spiro atoms. The van der Waals surface area contributed by atoms with Crippen LogP contribution in [0.1, 0.15) is 36.5 Å². The van der Waals surface area contributed by atoms with Gasteiger partial charge in [-0.1, -0.05) is 43.7 Å². The van der Waals surface area contributed by atoms with Crippen LogP contribution in [0.2, 0.25) is 0 Å². The maximum atomic E-state index is 2.52. The third-order valence-electron chi connectivity index (χ3n) is 6.67. The van der Waals surface area contributed by atoms with Crippen molar-refractivity contribution in [3.8, 4) is 0 Å². The van der Waals surface area contributed by atoms with Gasteiger partial charge in [0.15, 0.2) is 6.20 Å². The second kappa shape index (κ2) is 5.48. The minimum Gasteiger partial charge on any atom is -0.307 e. The number of nitrogens with zero attached hydrogens (tertiary/aromatic N) is 2. The molecule has 0 saturated carbocycles. The summed E-state index contributed by atoms with van der Waals surface area (Å²) in [5, 5.41) is 6.76. The van der Waals surface area contributed by atoms with Crippen LogP contribution < -0.4 is 4.57 Å². The number of aryl methyl sites for hydroxylation is 3. The van der Waals surface area contributed by atoms with E-state index in [4.69, 9.17) is 0 Å². The smallest absolute Gasteiger partial charge is 0.224 e. The van der Waals surface area contributed by atoms with Crippen LogP contribution in [0.15, 0.2) is 54.7 Å². The Balaban J connectivity index is 2.08. The third kappa shape index (κ3) is 2.04. The normalized spacial score (nSPS) is 12.6. The van der Waals surface area contributed by atoms with Crippen molar-refractivity contribution in [1.29, 1.82) is 0 Å². The Morgan fingerprint density at radius 3 is 2.45 bits per heavy atom. The fourth-order valence-corrected chi connectivity index (χ4v) is 5.19. The van der Waals surface area contributed by atoms with Crippen molar-refractivity contribution in [2.75, 3.05) is 0 Å². The topological polar surface area (TPSA) is 8.29 Å². The van der Waals surface area contributed by atoms with Crippen LogP contribution in [0, 0.1) is 13.8 Å². The highest BCUT2D eigenvalue weighted by Gasteiger charge is 2.24. The van der Waals surface area contributed by atoms with Gasteiger partial charge in [-0.3, -0.25) is 0 Å². The summed E-state index contributed by atoms with van der Waals surface area (Å²) in [4.78, 5) is 0. The average molecular weight is 378 g/mol. The molecule has 0 atom stereocenters. The first-order valence-corrected chi connectivity index (χ1v) is 10.5. The van der Waals surface area contributed by atoms with E-state index in [9.17, 15) is 0 Å². The molecule has 0 fully saturated rings. The lowest BCUT2D eigenvalue weighted by atomic mass is 9.95. The zero-order valence-electron chi connectivity index (χ0n) is 17.7. The van der Waals surface area contributed by atoms with Crippen LogP contribution in [0.5, 0.6) is 0 Å². The number of rotatable bonds is 1. The van der Waals surface area contributed by atoms with E-state index in [-0.39, 0.29) is 0 Å². The van der Waals surface area contributed by atoms with E-state index in [1.54, 1.807) is 0 Å². The predicted molar refractivity (Wildman–Crippen MR) is 123 cm³/mol. The van der Waals surface area contributed by atoms with Crippen LogP contribution in [0.4, 0.5) is 0 Å². The quantitative estimate of drug-likeness (QED) is 0.174. The lowest BCUT2D eigenvalue weighted by Crippen LogP contribution is -2.29. The first-order valence-electron chi connectivity index (χ1n) is 10.5. The van der Waals surface area contributed by atoms with Gasteiger partial charge in [0.1, 0.15) is 7.05 Å². The van der Waals surface area contributed by atoms with Gasteiger partial charge in [0, 0.05) is 16.8 Å². The summed E-state index contributed by atoms with van der Waals surface area (Å²) in [6.07, 6.45) is 2.21. The van der Waals surface area contributed by atoms with Gasteiger partial charge in [-0.05, 0) is 54.5 Å². The van der Waals surface area contributed by atoms with Crippen LogP contribution in [0.3, 0.4) is 0 Å². The molecule has 29 heavy (non-hydrogen) atoms. The maximum absolute atomic E-state index is 2.52. The number of benzene rings is 3. The van der Waals surface area contributed by atoms with Crippen molar-refractivity contribution in [3.63, 3.8) is 0 Å². The number of fused-ring (bicyclic) bond motifs is 5. The van der Waals surface area contributed by atoms with Crippen molar-refractivity contribution >= 4 is 49.0 Å². The van der Waals surface area contributed by atoms with E-state index in [0.29, 0.717) is 5.92 Å². The predicted octanol–water partition coefficient (Wildman–Crippen LogP) is 6.55. The summed E-state index contributed by atoms with van der Waals surface area (Å²) in [6, 6.07) is 18.5. The van der Waals surface area contributed by atoms with Gasteiger partial charge in [0.2, 0.25) is 5.52 Å². The SMILES string of the molecule is Cc1ccc2c(c1)c1ccc(C)c3c1n2c1cc(C(C)C)cc2cc[n+](C)c3c21. The molecule has 0 aliphatic rings. The van der Waals surface area contributed by atoms with Gasteiger partial charge in [0.25, 0.3) is 0 Å². The molecule has 0 aliphatic carbocycles. The van der Waals surface area contributed by atoms with Crippen molar-refractivity contribution in [2.45, 2.75) is 33.6 Å². The average Bonchev–Trinajstić information content (AvgIpc) is 3.02. The van der Waals surface area contributed by atoms with Crippen LogP contribution in [0.25, 0.3) is 49.0 Å². The highest BCUT2D eigenvalue weighted by atomic mass is 15.0. The monoisotopic (exact) mass is 377 g/mol. The Bertz CT molecular complexity index is 1600. The summed E-state index contributed by atoms with van der Waals surface area (Å²) in [5.41, 5.74) is 9.34. The van der Waals surface area contributed by atoms with Crippen LogP contribution in [-0.4, -0.2) is 4.40 Å².